The van der Waals surface area contributed by atoms with Crippen molar-refractivity contribution in [1.29, 1.82) is 0 Å². The van der Waals surface area contributed by atoms with Crippen molar-refractivity contribution in [1.82, 2.24) is 30.8 Å². The largest absolute Gasteiger partial charge is 0.352 e. The standard InChI is InChI=1S/C11H20N6OS/c1-3-12-6-7-17-11(14-15-16-17)19-8(2)10(18)13-9-4-5-9/h8-9,12H,3-7H2,1-2H3,(H,13,18). The number of nitrogens with one attached hydrogen (secondary N) is 2. The average molecular weight is 284 g/mol. The zero-order valence-electron chi connectivity index (χ0n) is 11.3. The molecule has 1 unspecified atom stereocenters. The first kappa shape index (κ1) is 14.3. The maximum atomic E-state index is 11.9. The van der Waals surface area contributed by atoms with Gasteiger partial charge in [0.1, 0.15) is 0 Å². The van der Waals surface area contributed by atoms with Gasteiger partial charge in [-0.2, -0.15) is 0 Å². The summed E-state index contributed by atoms with van der Waals surface area (Å²) in [5.41, 5.74) is 0. The number of tetrazole rings is 1. The molecule has 0 radical (unpaired) electrons. The van der Waals surface area contributed by atoms with Crippen LogP contribution in [0.2, 0.25) is 0 Å². The third kappa shape index (κ3) is 4.46. The van der Waals surface area contributed by atoms with Gasteiger partial charge in [-0.1, -0.05) is 18.7 Å². The van der Waals surface area contributed by atoms with Crippen molar-refractivity contribution in [2.24, 2.45) is 0 Å². The molecule has 1 aliphatic carbocycles. The highest BCUT2D eigenvalue weighted by molar-refractivity contribution is 8.00. The van der Waals surface area contributed by atoms with Gasteiger partial charge in [0, 0.05) is 12.6 Å². The Hall–Kier alpha value is -1.15. The van der Waals surface area contributed by atoms with E-state index in [9.17, 15) is 4.79 Å². The molecule has 0 bridgehead atoms. The number of carbonyl (C=O) groups is 1. The summed E-state index contributed by atoms with van der Waals surface area (Å²) in [6, 6.07) is 0.389. The van der Waals surface area contributed by atoms with Crippen LogP contribution in [0.1, 0.15) is 26.7 Å². The molecule has 0 aliphatic heterocycles. The van der Waals surface area contributed by atoms with Crippen LogP contribution in [0.5, 0.6) is 0 Å². The first-order chi connectivity index (χ1) is 9.20. The highest BCUT2D eigenvalue weighted by Gasteiger charge is 2.26. The maximum absolute atomic E-state index is 11.9. The van der Waals surface area contributed by atoms with Gasteiger partial charge in [0.25, 0.3) is 0 Å². The SMILES string of the molecule is CCNCCn1nnnc1SC(C)C(=O)NC1CC1. The molecule has 0 spiro atoms. The molecule has 1 heterocycles. The number of thioether (sulfide) groups is 1. The van der Waals surface area contributed by atoms with Crippen LogP contribution in [0, 0.1) is 0 Å². The van der Waals surface area contributed by atoms with E-state index in [0.29, 0.717) is 17.7 Å². The number of likely N-dealkylation sites (N-methyl/N-ethyl adjacent to an activating group) is 1. The van der Waals surface area contributed by atoms with E-state index in [1.807, 2.05) is 6.92 Å². The lowest BCUT2D eigenvalue weighted by molar-refractivity contribution is -0.120. The summed E-state index contributed by atoms with van der Waals surface area (Å²) < 4.78 is 1.73. The fourth-order valence-corrected chi connectivity index (χ4v) is 2.37. The monoisotopic (exact) mass is 284 g/mol. The predicted octanol–water partition coefficient (Wildman–Crippen LogP) is 0.0418. The second kappa shape index (κ2) is 6.85. The van der Waals surface area contributed by atoms with Crippen LogP contribution < -0.4 is 10.6 Å². The Labute approximate surface area is 116 Å². The molecule has 106 valence electrons. The summed E-state index contributed by atoms with van der Waals surface area (Å²) >= 11 is 1.40. The molecule has 1 amide bonds. The summed E-state index contributed by atoms with van der Waals surface area (Å²) in [6.07, 6.45) is 2.20. The van der Waals surface area contributed by atoms with Crippen LogP contribution in [0.4, 0.5) is 0 Å². The number of aromatic nitrogens is 4. The summed E-state index contributed by atoms with van der Waals surface area (Å²) in [6.45, 7) is 6.38. The van der Waals surface area contributed by atoms with Gasteiger partial charge in [-0.3, -0.25) is 4.79 Å². The molecule has 0 saturated heterocycles. The minimum Gasteiger partial charge on any atom is -0.352 e. The molecule has 2 rings (SSSR count). The number of carbonyl (C=O) groups excluding carboxylic acids is 1. The third-order valence-electron chi connectivity index (χ3n) is 2.82. The number of hydrogen-bond donors (Lipinski definition) is 2. The van der Waals surface area contributed by atoms with Crippen LogP contribution >= 0.6 is 11.8 Å². The summed E-state index contributed by atoms with van der Waals surface area (Å²) in [5.74, 6) is 0.0636. The number of rotatable bonds is 8. The van der Waals surface area contributed by atoms with E-state index in [4.69, 9.17) is 0 Å². The minimum absolute atomic E-state index is 0.0636. The molecule has 19 heavy (non-hydrogen) atoms. The smallest absolute Gasteiger partial charge is 0.233 e. The zero-order valence-corrected chi connectivity index (χ0v) is 12.1. The van der Waals surface area contributed by atoms with Gasteiger partial charge in [0.05, 0.1) is 11.8 Å². The Bertz CT molecular complexity index is 419. The number of hydrogen-bond acceptors (Lipinski definition) is 6. The lowest BCUT2D eigenvalue weighted by Crippen LogP contribution is -2.32. The molecular weight excluding hydrogens is 264 g/mol. The van der Waals surface area contributed by atoms with Crippen molar-refractivity contribution in [3.8, 4) is 0 Å². The highest BCUT2D eigenvalue weighted by atomic mass is 32.2. The van der Waals surface area contributed by atoms with Crippen molar-refractivity contribution < 1.29 is 4.79 Å². The summed E-state index contributed by atoms with van der Waals surface area (Å²) in [4.78, 5) is 11.9. The van der Waals surface area contributed by atoms with E-state index in [0.717, 1.165) is 25.9 Å². The topological polar surface area (TPSA) is 84.7 Å². The van der Waals surface area contributed by atoms with E-state index < -0.39 is 0 Å². The zero-order chi connectivity index (χ0) is 13.7. The Morgan fingerprint density at radius 1 is 1.58 bits per heavy atom. The normalized spacial score (nSPS) is 16.3. The molecule has 7 nitrogen and oxygen atoms in total. The van der Waals surface area contributed by atoms with Gasteiger partial charge < -0.3 is 10.6 Å². The molecule has 1 aromatic rings. The molecule has 1 fully saturated rings. The van der Waals surface area contributed by atoms with Gasteiger partial charge in [-0.25, -0.2) is 4.68 Å². The predicted molar refractivity (Wildman–Crippen MR) is 72.8 cm³/mol. The maximum Gasteiger partial charge on any atom is 0.233 e. The van der Waals surface area contributed by atoms with Gasteiger partial charge in [0.2, 0.25) is 11.1 Å². The molecule has 1 saturated carbocycles. The van der Waals surface area contributed by atoms with Crippen molar-refractivity contribution in [3.05, 3.63) is 0 Å². The molecular formula is C11H20N6OS. The van der Waals surface area contributed by atoms with Crippen molar-refractivity contribution in [2.75, 3.05) is 13.1 Å². The Morgan fingerprint density at radius 2 is 2.37 bits per heavy atom. The molecule has 1 aliphatic rings. The van der Waals surface area contributed by atoms with Crippen LogP contribution in [-0.2, 0) is 11.3 Å². The van der Waals surface area contributed by atoms with E-state index >= 15 is 0 Å². The number of amides is 1. The third-order valence-corrected chi connectivity index (χ3v) is 3.90. The second-order valence-electron chi connectivity index (χ2n) is 4.58. The first-order valence-corrected chi connectivity index (χ1v) is 7.52. The Kier molecular flexibility index (Phi) is 5.15. The van der Waals surface area contributed by atoms with Crippen molar-refractivity contribution >= 4 is 17.7 Å². The lowest BCUT2D eigenvalue weighted by Gasteiger charge is -2.11. The lowest BCUT2D eigenvalue weighted by atomic mass is 10.4. The second-order valence-corrected chi connectivity index (χ2v) is 5.89. The van der Waals surface area contributed by atoms with Gasteiger partial charge in [-0.15, -0.1) is 5.10 Å². The first-order valence-electron chi connectivity index (χ1n) is 6.64. The van der Waals surface area contributed by atoms with Crippen LogP contribution in [-0.4, -0.2) is 50.5 Å². The van der Waals surface area contributed by atoms with Crippen molar-refractivity contribution in [3.63, 3.8) is 0 Å². The summed E-state index contributed by atoms with van der Waals surface area (Å²) in [5, 5.41) is 18.3. The molecule has 2 N–H and O–H groups in total. The Morgan fingerprint density at radius 3 is 3.05 bits per heavy atom. The van der Waals surface area contributed by atoms with E-state index in [-0.39, 0.29) is 11.2 Å². The van der Waals surface area contributed by atoms with Gasteiger partial charge in [0.15, 0.2) is 0 Å². The number of nitrogens with zero attached hydrogens (tertiary/aromatic N) is 4. The fraction of sp³-hybridized carbons (Fsp3) is 0.818. The average Bonchev–Trinajstić information content (AvgIpc) is 3.10. The van der Waals surface area contributed by atoms with Gasteiger partial charge in [-0.05, 0) is 36.7 Å². The molecule has 0 aromatic carbocycles. The van der Waals surface area contributed by atoms with E-state index in [2.05, 4.69) is 33.1 Å². The summed E-state index contributed by atoms with van der Waals surface area (Å²) in [7, 11) is 0. The van der Waals surface area contributed by atoms with Crippen molar-refractivity contribution in [2.45, 2.75) is 49.7 Å². The van der Waals surface area contributed by atoms with E-state index in [1.54, 1.807) is 4.68 Å². The van der Waals surface area contributed by atoms with Crippen LogP contribution in [0.3, 0.4) is 0 Å². The van der Waals surface area contributed by atoms with Crippen LogP contribution in [0.25, 0.3) is 0 Å². The van der Waals surface area contributed by atoms with Gasteiger partial charge >= 0.3 is 0 Å². The minimum atomic E-state index is -0.176. The Balaban J connectivity index is 1.83. The quantitative estimate of drug-likeness (QED) is 0.518. The van der Waals surface area contributed by atoms with E-state index in [1.165, 1.54) is 11.8 Å². The fourth-order valence-electron chi connectivity index (χ4n) is 1.54. The molecule has 1 atom stereocenters. The van der Waals surface area contributed by atoms with Crippen LogP contribution in [0.15, 0.2) is 5.16 Å². The molecule has 8 heteroatoms. The highest BCUT2D eigenvalue weighted by Crippen LogP contribution is 2.23. The molecule has 1 aromatic heterocycles.